The third kappa shape index (κ3) is 3.55. The Morgan fingerprint density at radius 3 is 2.47 bits per heavy atom. The van der Waals surface area contributed by atoms with Gasteiger partial charge in [-0.05, 0) is 41.8 Å². The Kier molecular flexibility index (Phi) is 4.56. The molecule has 2 aromatic rings. The van der Waals surface area contributed by atoms with E-state index in [1.54, 1.807) is 19.2 Å². The molecule has 2 rings (SSSR count). The fourth-order valence-electron chi connectivity index (χ4n) is 1.92. The number of halogens is 2. The van der Waals surface area contributed by atoms with E-state index in [1.165, 1.54) is 12.1 Å². The Balaban J connectivity index is 2.15. The molecular formula is C15H15BrFNO. The van der Waals surface area contributed by atoms with Crippen molar-refractivity contribution in [1.82, 2.24) is 0 Å². The highest BCUT2D eigenvalue weighted by Gasteiger charge is 2.11. The molecule has 2 aromatic carbocycles. The molecule has 0 heterocycles. The van der Waals surface area contributed by atoms with Gasteiger partial charge in [0.15, 0.2) is 0 Å². The minimum Gasteiger partial charge on any atom is -0.497 e. The second kappa shape index (κ2) is 6.17. The lowest BCUT2D eigenvalue weighted by molar-refractivity contribution is 0.414. The number of ether oxygens (including phenoxy) is 1. The zero-order valence-corrected chi connectivity index (χ0v) is 12.2. The molecule has 0 saturated carbocycles. The van der Waals surface area contributed by atoms with Gasteiger partial charge in [0.2, 0.25) is 0 Å². The maximum Gasteiger partial charge on any atom is 0.123 e. The fourth-order valence-corrected chi connectivity index (χ4v) is 2.57. The number of methoxy groups -OCH3 is 1. The summed E-state index contributed by atoms with van der Waals surface area (Å²) in [7, 11) is 1.62. The van der Waals surface area contributed by atoms with Gasteiger partial charge in [0.25, 0.3) is 0 Å². The van der Waals surface area contributed by atoms with Crippen molar-refractivity contribution in [3.63, 3.8) is 0 Å². The lowest BCUT2D eigenvalue weighted by Gasteiger charge is -2.15. The van der Waals surface area contributed by atoms with Crippen LogP contribution in [0.15, 0.2) is 46.9 Å². The second-order valence-corrected chi connectivity index (χ2v) is 5.18. The van der Waals surface area contributed by atoms with Crippen molar-refractivity contribution >= 4 is 15.9 Å². The van der Waals surface area contributed by atoms with Crippen LogP contribution in [0.5, 0.6) is 5.75 Å². The van der Waals surface area contributed by atoms with Crippen LogP contribution in [0.25, 0.3) is 0 Å². The fraction of sp³-hybridized carbons (Fsp3) is 0.200. The largest absolute Gasteiger partial charge is 0.497 e. The average Bonchev–Trinajstić information content (AvgIpc) is 2.41. The van der Waals surface area contributed by atoms with Gasteiger partial charge in [-0.3, -0.25) is 0 Å². The smallest absolute Gasteiger partial charge is 0.123 e. The van der Waals surface area contributed by atoms with Crippen LogP contribution in [0.1, 0.15) is 17.2 Å². The maximum atomic E-state index is 12.8. The van der Waals surface area contributed by atoms with Crippen molar-refractivity contribution in [2.24, 2.45) is 5.73 Å². The zero-order valence-electron chi connectivity index (χ0n) is 10.6. The second-order valence-electron chi connectivity index (χ2n) is 4.32. The average molecular weight is 324 g/mol. The maximum absolute atomic E-state index is 12.8. The van der Waals surface area contributed by atoms with Gasteiger partial charge < -0.3 is 10.5 Å². The van der Waals surface area contributed by atoms with E-state index in [-0.39, 0.29) is 11.9 Å². The first-order chi connectivity index (χ1) is 9.10. The van der Waals surface area contributed by atoms with Crippen molar-refractivity contribution in [2.45, 2.75) is 12.5 Å². The molecule has 0 aliphatic heterocycles. The molecule has 1 atom stereocenters. The summed E-state index contributed by atoms with van der Waals surface area (Å²) in [4.78, 5) is 0. The monoisotopic (exact) mass is 323 g/mol. The molecule has 19 heavy (non-hydrogen) atoms. The van der Waals surface area contributed by atoms with Gasteiger partial charge >= 0.3 is 0 Å². The summed E-state index contributed by atoms with van der Waals surface area (Å²) < 4.78 is 18.9. The van der Waals surface area contributed by atoms with Crippen molar-refractivity contribution in [2.75, 3.05) is 7.11 Å². The number of benzene rings is 2. The normalized spacial score (nSPS) is 12.2. The van der Waals surface area contributed by atoms with E-state index in [9.17, 15) is 4.39 Å². The number of hydrogen-bond acceptors (Lipinski definition) is 2. The predicted octanol–water partition coefficient (Wildman–Crippen LogP) is 3.84. The quantitative estimate of drug-likeness (QED) is 0.927. The van der Waals surface area contributed by atoms with E-state index in [0.29, 0.717) is 6.42 Å². The van der Waals surface area contributed by atoms with E-state index >= 15 is 0 Å². The van der Waals surface area contributed by atoms with Gasteiger partial charge in [-0.25, -0.2) is 4.39 Å². The van der Waals surface area contributed by atoms with E-state index in [2.05, 4.69) is 15.9 Å². The van der Waals surface area contributed by atoms with Crippen molar-refractivity contribution in [3.05, 3.63) is 63.9 Å². The Labute approximate surface area is 120 Å². The molecule has 0 amide bonds. The van der Waals surface area contributed by atoms with Crippen molar-refractivity contribution in [3.8, 4) is 5.75 Å². The first-order valence-corrected chi connectivity index (χ1v) is 6.73. The first-order valence-electron chi connectivity index (χ1n) is 5.93. The van der Waals surface area contributed by atoms with E-state index in [4.69, 9.17) is 10.5 Å². The molecule has 0 bridgehead atoms. The molecule has 0 aliphatic carbocycles. The van der Waals surface area contributed by atoms with Gasteiger partial charge in [0.1, 0.15) is 11.6 Å². The summed E-state index contributed by atoms with van der Waals surface area (Å²) in [5.74, 6) is 0.549. The molecule has 0 saturated heterocycles. The van der Waals surface area contributed by atoms with E-state index in [1.807, 2.05) is 18.2 Å². The first kappa shape index (κ1) is 14.0. The molecule has 0 radical (unpaired) electrons. The van der Waals surface area contributed by atoms with Gasteiger partial charge in [-0.15, -0.1) is 0 Å². The van der Waals surface area contributed by atoms with Gasteiger partial charge in [0, 0.05) is 10.5 Å². The highest BCUT2D eigenvalue weighted by atomic mass is 79.9. The number of nitrogens with two attached hydrogens (primary N) is 1. The molecule has 0 fully saturated rings. The van der Waals surface area contributed by atoms with Crippen LogP contribution in [0, 0.1) is 5.82 Å². The summed E-state index contributed by atoms with van der Waals surface area (Å²) in [6, 6.07) is 12.0. The third-order valence-corrected chi connectivity index (χ3v) is 3.66. The molecular weight excluding hydrogens is 309 g/mol. The molecule has 4 heteroatoms. The SMILES string of the molecule is COc1ccc(C(N)Cc2ccc(F)cc2)c(Br)c1. The topological polar surface area (TPSA) is 35.2 Å². The molecule has 2 N–H and O–H groups in total. The van der Waals surface area contributed by atoms with Crippen LogP contribution in [0.3, 0.4) is 0 Å². The Morgan fingerprint density at radius 2 is 1.89 bits per heavy atom. The number of rotatable bonds is 4. The lowest BCUT2D eigenvalue weighted by Crippen LogP contribution is -2.14. The highest BCUT2D eigenvalue weighted by molar-refractivity contribution is 9.10. The summed E-state index contributed by atoms with van der Waals surface area (Å²) >= 11 is 3.49. The summed E-state index contributed by atoms with van der Waals surface area (Å²) in [6.45, 7) is 0. The minimum absolute atomic E-state index is 0.147. The van der Waals surface area contributed by atoms with E-state index in [0.717, 1.165) is 21.3 Å². The molecule has 100 valence electrons. The van der Waals surface area contributed by atoms with Gasteiger partial charge in [0.05, 0.1) is 7.11 Å². The van der Waals surface area contributed by atoms with Crippen LogP contribution in [-0.2, 0) is 6.42 Å². The number of hydrogen-bond donors (Lipinski definition) is 1. The van der Waals surface area contributed by atoms with Gasteiger partial charge in [-0.2, -0.15) is 0 Å². The zero-order chi connectivity index (χ0) is 13.8. The summed E-state index contributed by atoms with van der Waals surface area (Å²) in [6.07, 6.45) is 0.658. The lowest BCUT2D eigenvalue weighted by atomic mass is 9.99. The highest BCUT2D eigenvalue weighted by Crippen LogP contribution is 2.28. The summed E-state index contributed by atoms with van der Waals surface area (Å²) in [5, 5.41) is 0. The van der Waals surface area contributed by atoms with Gasteiger partial charge in [-0.1, -0.05) is 34.1 Å². The Bertz CT molecular complexity index is 557. The standard InChI is InChI=1S/C15H15BrFNO/c1-19-12-6-7-13(14(16)9-12)15(18)8-10-2-4-11(17)5-3-10/h2-7,9,15H,8,18H2,1H3. The van der Waals surface area contributed by atoms with Crippen LogP contribution in [0.4, 0.5) is 4.39 Å². The molecule has 1 unspecified atom stereocenters. The molecule has 0 aromatic heterocycles. The molecule has 0 spiro atoms. The molecule has 0 aliphatic rings. The van der Waals surface area contributed by atoms with Crippen LogP contribution in [-0.4, -0.2) is 7.11 Å². The Hall–Kier alpha value is -1.39. The predicted molar refractivity (Wildman–Crippen MR) is 77.7 cm³/mol. The molecule has 2 nitrogen and oxygen atoms in total. The Morgan fingerprint density at radius 1 is 1.21 bits per heavy atom. The summed E-state index contributed by atoms with van der Waals surface area (Å²) in [5.41, 5.74) is 8.21. The van der Waals surface area contributed by atoms with E-state index < -0.39 is 0 Å². The van der Waals surface area contributed by atoms with Crippen LogP contribution >= 0.6 is 15.9 Å². The minimum atomic E-state index is -0.233. The van der Waals surface area contributed by atoms with Crippen molar-refractivity contribution in [1.29, 1.82) is 0 Å². The third-order valence-electron chi connectivity index (χ3n) is 2.98. The van der Waals surface area contributed by atoms with Crippen LogP contribution < -0.4 is 10.5 Å². The van der Waals surface area contributed by atoms with Crippen LogP contribution in [0.2, 0.25) is 0 Å². The van der Waals surface area contributed by atoms with Crippen molar-refractivity contribution < 1.29 is 9.13 Å².